The van der Waals surface area contributed by atoms with Crippen molar-refractivity contribution in [2.24, 2.45) is 0 Å². The lowest BCUT2D eigenvalue weighted by Crippen LogP contribution is -2.42. The fourth-order valence-corrected chi connectivity index (χ4v) is 2.23. The van der Waals surface area contributed by atoms with Gasteiger partial charge in [-0.25, -0.2) is 0 Å². The van der Waals surface area contributed by atoms with Crippen LogP contribution in [0.25, 0.3) is 0 Å². The predicted octanol–water partition coefficient (Wildman–Crippen LogP) is 3.00. The first-order chi connectivity index (χ1) is 10.1. The first-order valence-electron chi connectivity index (χ1n) is 6.15. The molecule has 2 rings (SSSR count). The van der Waals surface area contributed by atoms with Gasteiger partial charge >= 0.3 is 0 Å². The molecule has 0 aromatic heterocycles. The number of benzene rings is 2. The normalized spacial score (nSPS) is 10.0. The van der Waals surface area contributed by atoms with Crippen LogP contribution in [0.2, 0.25) is 10.0 Å². The summed E-state index contributed by atoms with van der Waals surface area (Å²) in [5.74, 6) is -0.802. The van der Waals surface area contributed by atoms with E-state index in [1.165, 1.54) is 0 Å². The Bertz CT molecular complexity index is 640. The molecule has 2 aromatic rings. The van der Waals surface area contributed by atoms with E-state index in [0.29, 0.717) is 21.2 Å². The van der Waals surface area contributed by atoms with Gasteiger partial charge in [0.25, 0.3) is 5.91 Å². The van der Waals surface area contributed by atoms with Crippen LogP contribution in [-0.4, -0.2) is 11.8 Å². The van der Waals surface area contributed by atoms with Crippen molar-refractivity contribution in [3.05, 3.63) is 69.7 Å². The van der Waals surface area contributed by atoms with E-state index in [4.69, 9.17) is 23.2 Å². The van der Waals surface area contributed by atoms with Gasteiger partial charge in [-0.2, -0.15) is 0 Å². The van der Waals surface area contributed by atoms with E-state index in [9.17, 15) is 9.59 Å². The van der Waals surface area contributed by atoms with Gasteiger partial charge in [-0.05, 0) is 29.8 Å². The molecule has 0 aliphatic heterocycles. The molecule has 0 atom stereocenters. The molecule has 0 bridgehead atoms. The fraction of sp³-hybridized carbons (Fsp3) is 0.0667. The topological polar surface area (TPSA) is 58.2 Å². The van der Waals surface area contributed by atoms with Crippen molar-refractivity contribution in [1.82, 2.24) is 10.9 Å². The summed E-state index contributed by atoms with van der Waals surface area (Å²) < 4.78 is 0. The maximum atomic E-state index is 11.8. The number of rotatable bonds is 3. The van der Waals surface area contributed by atoms with Crippen molar-refractivity contribution < 1.29 is 9.59 Å². The van der Waals surface area contributed by atoms with E-state index in [-0.39, 0.29) is 6.42 Å². The van der Waals surface area contributed by atoms with Gasteiger partial charge in [0.2, 0.25) is 5.91 Å². The number of carbonyl (C=O) groups is 2. The molecule has 0 unspecified atom stereocenters. The second-order valence-corrected chi connectivity index (χ2v) is 5.06. The van der Waals surface area contributed by atoms with Crippen LogP contribution in [0.5, 0.6) is 0 Å². The molecule has 4 nitrogen and oxygen atoms in total. The number of hydrazine groups is 1. The molecule has 0 saturated carbocycles. The Morgan fingerprint density at radius 1 is 0.857 bits per heavy atom. The Morgan fingerprint density at radius 2 is 1.48 bits per heavy atom. The van der Waals surface area contributed by atoms with Gasteiger partial charge in [0, 0.05) is 15.6 Å². The summed E-state index contributed by atoms with van der Waals surface area (Å²) in [5, 5.41) is 0.819. The first kappa shape index (κ1) is 15.4. The van der Waals surface area contributed by atoms with Crippen LogP contribution in [0.1, 0.15) is 15.9 Å². The molecule has 2 aromatic carbocycles. The second kappa shape index (κ2) is 7.11. The van der Waals surface area contributed by atoms with Crippen LogP contribution in [0.4, 0.5) is 0 Å². The lowest BCUT2D eigenvalue weighted by molar-refractivity contribution is -0.121. The van der Waals surface area contributed by atoms with E-state index < -0.39 is 11.8 Å². The number of amides is 2. The van der Waals surface area contributed by atoms with Gasteiger partial charge in [-0.3, -0.25) is 20.4 Å². The molecule has 0 aliphatic rings. The van der Waals surface area contributed by atoms with Crippen LogP contribution in [0, 0.1) is 0 Å². The standard InChI is InChI=1S/C15H12Cl2N2O2/c16-12-7-4-8-13(17)11(12)9-14(20)18-19-15(21)10-5-2-1-3-6-10/h1-8H,9H2,(H,18,20)(H,19,21). The lowest BCUT2D eigenvalue weighted by atomic mass is 10.1. The molecular weight excluding hydrogens is 311 g/mol. The van der Waals surface area contributed by atoms with E-state index in [0.717, 1.165) is 0 Å². The highest BCUT2D eigenvalue weighted by Crippen LogP contribution is 2.24. The van der Waals surface area contributed by atoms with Crippen molar-refractivity contribution in [2.45, 2.75) is 6.42 Å². The van der Waals surface area contributed by atoms with Crippen molar-refractivity contribution in [1.29, 1.82) is 0 Å². The Labute approximate surface area is 132 Å². The predicted molar refractivity (Wildman–Crippen MR) is 82.2 cm³/mol. The monoisotopic (exact) mass is 322 g/mol. The maximum absolute atomic E-state index is 11.8. The minimum atomic E-state index is -0.408. The lowest BCUT2D eigenvalue weighted by Gasteiger charge is -2.09. The Morgan fingerprint density at radius 3 is 2.10 bits per heavy atom. The molecule has 6 heteroatoms. The van der Waals surface area contributed by atoms with Gasteiger partial charge in [-0.15, -0.1) is 0 Å². The minimum absolute atomic E-state index is 0.0203. The van der Waals surface area contributed by atoms with Gasteiger partial charge in [-0.1, -0.05) is 47.5 Å². The molecule has 2 amide bonds. The van der Waals surface area contributed by atoms with Crippen LogP contribution >= 0.6 is 23.2 Å². The summed E-state index contributed by atoms with van der Waals surface area (Å²) in [6, 6.07) is 13.6. The summed E-state index contributed by atoms with van der Waals surface area (Å²) in [5.41, 5.74) is 5.63. The number of carbonyl (C=O) groups excluding carboxylic acids is 2. The quantitative estimate of drug-likeness (QED) is 0.853. The van der Waals surface area contributed by atoms with Crippen LogP contribution in [-0.2, 0) is 11.2 Å². The Kier molecular flexibility index (Phi) is 5.20. The highest BCUT2D eigenvalue weighted by atomic mass is 35.5. The van der Waals surface area contributed by atoms with Crippen LogP contribution in [0.15, 0.2) is 48.5 Å². The number of nitrogens with one attached hydrogen (secondary N) is 2. The van der Waals surface area contributed by atoms with Crippen molar-refractivity contribution >= 4 is 35.0 Å². The van der Waals surface area contributed by atoms with Crippen LogP contribution < -0.4 is 10.9 Å². The molecule has 21 heavy (non-hydrogen) atoms. The van der Waals surface area contributed by atoms with Crippen molar-refractivity contribution in [3.63, 3.8) is 0 Å². The van der Waals surface area contributed by atoms with E-state index >= 15 is 0 Å². The smallest absolute Gasteiger partial charge is 0.269 e. The zero-order valence-corrected chi connectivity index (χ0v) is 12.4. The molecule has 0 heterocycles. The third-order valence-corrected chi connectivity index (χ3v) is 3.46. The van der Waals surface area contributed by atoms with Gasteiger partial charge in [0.15, 0.2) is 0 Å². The molecule has 0 radical (unpaired) electrons. The van der Waals surface area contributed by atoms with E-state index in [1.807, 2.05) is 0 Å². The van der Waals surface area contributed by atoms with Crippen molar-refractivity contribution in [2.75, 3.05) is 0 Å². The average molecular weight is 323 g/mol. The molecule has 0 saturated heterocycles. The van der Waals surface area contributed by atoms with Gasteiger partial charge < -0.3 is 0 Å². The molecular formula is C15H12Cl2N2O2. The summed E-state index contributed by atoms with van der Waals surface area (Å²) in [6.07, 6.45) is -0.0203. The summed E-state index contributed by atoms with van der Waals surface area (Å²) in [7, 11) is 0. The zero-order valence-electron chi connectivity index (χ0n) is 10.9. The van der Waals surface area contributed by atoms with E-state index in [2.05, 4.69) is 10.9 Å². The summed E-state index contributed by atoms with van der Waals surface area (Å²) >= 11 is 12.0. The minimum Gasteiger partial charge on any atom is -0.273 e. The third kappa shape index (κ3) is 4.21. The highest BCUT2D eigenvalue weighted by molar-refractivity contribution is 6.36. The second-order valence-electron chi connectivity index (χ2n) is 4.25. The number of hydrogen-bond acceptors (Lipinski definition) is 2. The highest BCUT2D eigenvalue weighted by Gasteiger charge is 2.12. The molecule has 108 valence electrons. The maximum Gasteiger partial charge on any atom is 0.269 e. The molecule has 0 aliphatic carbocycles. The van der Waals surface area contributed by atoms with Crippen LogP contribution in [0.3, 0.4) is 0 Å². The summed E-state index contributed by atoms with van der Waals surface area (Å²) in [4.78, 5) is 23.6. The molecule has 0 spiro atoms. The average Bonchev–Trinajstić information content (AvgIpc) is 2.49. The number of halogens is 2. The Balaban J connectivity index is 1.92. The SMILES string of the molecule is O=C(Cc1c(Cl)cccc1Cl)NNC(=O)c1ccccc1. The number of hydrogen-bond donors (Lipinski definition) is 2. The van der Waals surface area contributed by atoms with Gasteiger partial charge in [0.1, 0.15) is 0 Å². The molecule has 2 N–H and O–H groups in total. The fourth-order valence-electron chi connectivity index (χ4n) is 1.69. The zero-order chi connectivity index (χ0) is 15.2. The molecule has 0 fully saturated rings. The van der Waals surface area contributed by atoms with E-state index in [1.54, 1.807) is 48.5 Å². The van der Waals surface area contributed by atoms with Crippen molar-refractivity contribution in [3.8, 4) is 0 Å². The summed E-state index contributed by atoms with van der Waals surface area (Å²) in [6.45, 7) is 0. The van der Waals surface area contributed by atoms with Gasteiger partial charge in [0.05, 0.1) is 6.42 Å². The largest absolute Gasteiger partial charge is 0.273 e. The third-order valence-electron chi connectivity index (χ3n) is 2.75. The first-order valence-corrected chi connectivity index (χ1v) is 6.90. The Hall–Kier alpha value is -2.04.